The Morgan fingerprint density at radius 2 is 1.12 bits per heavy atom. The summed E-state index contributed by atoms with van der Waals surface area (Å²) in [6, 6.07) is 46.9. The topological polar surface area (TPSA) is 13.1 Å². The maximum atomic E-state index is 6.58. The molecule has 0 saturated heterocycles. The normalized spacial score (nSPS) is 12.5. The lowest BCUT2D eigenvalue weighted by Crippen LogP contribution is -2.10. The number of hydrogen-bond donors (Lipinski definition) is 0. The number of para-hydroxylation sites is 2. The van der Waals surface area contributed by atoms with Gasteiger partial charge in [-0.1, -0.05) is 130 Å². The van der Waals surface area contributed by atoms with E-state index in [1.54, 1.807) is 0 Å². The summed E-state index contributed by atoms with van der Waals surface area (Å²) in [7, 11) is 0. The van der Waals surface area contributed by atoms with E-state index in [4.69, 9.17) is 4.42 Å². The van der Waals surface area contributed by atoms with Crippen LogP contribution >= 0.6 is 0 Å². The molecule has 0 fully saturated rings. The van der Waals surface area contributed by atoms with Crippen molar-refractivity contribution >= 4 is 65.0 Å². The van der Waals surface area contributed by atoms with Crippen LogP contribution in [0.1, 0.15) is 26.3 Å². The smallest absolute Gasteiger partial charge is 0.143 e. The Balaban J connectivity index is 1.44. The van der Waals surface area contributed by atoms with Gasteiger partial charge < -0.3 is 4.42 Å². The van der Waals surface area contributed by atoms with Crippen molar-refractivity contribution in [3.8, 4) is 22.3 Å². The van der Waals surface area contributed by atoms with Crippen molar-refractivity contribution in [3.05, 3.63) is 133 Å². The highest BCUT2D eigenvalue weighted by Gasteiger charge is 2.22. The van der Waals surface area contributed by atoms with E-state index in [-0.39, 0.29) is 5.41 Å². The highest BCUT2D eigenvalue weighted by Crippen LogP contribution is 2.47. The van der Waals surface area contributed by atoms with E-state index in [2.05, 4.69) is 142 Å². The van der Waals surface area contributed by atoms with Crippen LogP contribution < -0.4 is 0 Å². The van der Waals surface area contributed by atoms with Crippen molar-refractivity contribution in [2.45, 2.75) is 26.2 Å². The Morgan fingerprint density at radius 1 is 0.442 bits per heavy atom. The zero-order valence-corrected chi connectivity index (χ0v) is 24.5. The van der Waals surface area contributed by atoms with Crippen LogP contribution in [0.15, 0.2) is 132 Å². The molecule has 1 heteroatoms. The van der Waals surface area contributed by atoms with Gasteiger partial charge in [-0.25, -0.2) is 0 Å². The fraction of sp³-hybridized carbons (Fsp3) is 0.0952. The zero-order valence-electron chi connectivity index (χ0n) is 24.5. The van der Waals surface area contributed by atoms with Crippen LogP contribution in [0.5, 0.6) is 0 Å². The third-order valence-electron chi connectivity index (χ3n) is 9.34. The summed E-state index contributed by atoms with van der Waals surface area (Å²) < 4.78 is 6.58. The van der Waals surface area contributed by atoms with Gasteiger partial charge in [0.05, 0.1) is 0 Å². The molecule has 1 aromatic heterocycles. The van der Waals surface area contributed by atoms with Crippen LogP contribution in [0.4, 0.5) is 0 Å². The van der Waals surface area contributed by atoms with Gasteiger partial charge in [-0.2, -0.15) is 0 Å². The van der Waals surface area contributed by atoms with Gasteiger partial charge in [0.15, 0.2) is 0 Å². The first kappa shape index (κ1) is 24.5. The first-order valence-corrected chi connectivity index (χ1v) is 15.1. The molecule has 0 spiro atoms. The Labute approximate surface area is 250 Å². The lowest BCUT2D eigenvalue weighted by atomic mass is 9.81. The Bertz CT molecular complexity index is 2520. The third-order valence-corrected chi connectivity index (χ3v) is 9.34. The molecule has 9 rings (SSSR count). The van der Waals surface area contributed by atoms with Crippen LogP contribution in [0.3, 0.4) is 0 Å². The molecular weight excluding hydrogens is 520 g/mol. The summed E-state index contributed by atoms with van der Waals surface area (Å²) in [6.45, 7) is 6.89. The summed E-state index contributed by atoms with van der Waals surface area (Å²) in [4.78, 5) is 0. The van der Waals surface area contributed by atoms with Crippen LogP contribution in [0.2, 0.25) is 0 Å². The highest BCUT2D eigenvalue weighted by atomic mass is 16.3. The molecule has 0 atom stereocenters. The van der Waals surface area contributed by atoms with Crippen LogP contribution in [-0.2, 0) is 5.41 Å². The molecule has 0 aliphatic heterocycles. The predicted octanol–water partition coefficient (Wildman–Crippen LogP) is 12.3. The van der Waals surface area contributed by atoms with Crippen LogP contribution in [0.25, 0.3) is 87.3 Å². The Hall–Kier alpha value is -5.14. The molecule has 204 valence electrons. The fourth-order valence-corrected chi connectivity index (χ4v) is 7.13. The van der Waals surface area contributed by atoms with Crippen LogP contribution in [-0.4, -0.2) is 0 Å². The number of fused-ring (bicyclic) bond motifs is 4. The van der Waals surface area contributed by atoms with Gasteiger partial charge in [-0.3, -0.25) is 0 Å². The second-order valence-electron chi connectivity index (χ2n) is 13.0. The van der Waals surface area contributed by atoms with E-state index in [9.17, 15) is 0 Å². The van der Waals surface area contributed by atoms with Crippen molar-refractivity contribution in [2.24, 2.45) is 0 Å². The largest absolute Gasteiger partial charge is 0.455 e. The molecule has 0 aliphatic carbocycles. The van der Waals surface area contributed by atoms with Crippen molar-refractivity contribution in [1.29, 1.82) is 0 Å². The van der Waals surface area contributed by atoms with E-state index >= 15 is 0 Å². The van der Waals surface area contributed by atoms with Crippen molar-refractivity contribution in [3.63, 3.8) is 0 Å². The molecular formula is C42H30O. The maximum absolute atomic E-state index is 6.58. The van der Waals surface area contributed by atoms with E-state index in [1.807, 2.05) is 6.07 Å². The van der Waals surface area contributed by atoms with Gasteiger partial charge in [0.25, 0.3) is 0 Å². The second-order valence-corrected chi connectivity index (χ2v) is 13.0. The van der Waals surface area contributed by atoms with Gasteiger partial charge >= 0.3 is 0 Å². The molecule has 1 nitrogen and oxygen atoms in total. The first-order valence-electron chi connectivity index (χ1n) is 15.1. The lowest BCUT2D eigenvalue weighted by molar-refractivity contribution is 0.591. The number of rotatable bonds is 2. The van der Waals surface area contributed by atoms with E-state index < -0.39 is 0 Å². The molecule has 0 N–H and O–H groups in total. The minimum Gasteiger partial charge on any atom is -0.455 e. The highest BCUT2D eigenvalue weighted by molar-refractivity contribution is 6.29. The average molecular weight is 551 g/mol. The summed E-state index contributed by atoms with van der Waals surface area (Å²) in [5.41, 5.74) is 8.10. The molecule has 0 saturated carbocycles. The molecule has 1 heterocycles. The van der Waals surface area contributed by atoms with Crippen molar-refractivity contribution in [2.75, 3.05) is 0 Å². The van der Waals surface area contributed by atoms with Crippen molar-refractivity contribution in [1.82, 2.24) is 0 Å². The fourth-order valence-electron chi connectivity index (χ4n) is 7.13. The molecule has 0 bridgehead atoms. The SMILES string of the molecule is CC(C)(C)c1cc2ccc3c(-c4ccc5ccccc5c4)cc(-c4cccc5c4oc4ccccc45)c4ccc(c1)c2c34. The molecule has 43 heavy (non-hydrogen) atoms. The van der Waals surface area contributed by atoms with E-state index in [1.165, 1.54) is 65.3 Å². The van der Waals surface area contributed by atoms with Gasteiger partial charge in [-0.15, -0.1) is 0 Å². The van der Waals surface area contributed by atoms with Crippen LogP contribution in [0, 0.1) is 0 Å². The van der Waals surface area contributed by atoms with Gasteiger partial charge in [-0.05, 0) is 89.0 Å². The summed E-state index contributed by atoms with van der Waals surface area (Å²) in [5, 5.41) is 12.6. The van der Waals surface area contributed by atoms with Gasteiger partial charge in [0.1, 0.15) is 11.2 Å². The minimum absolute atomic E-state index is 0.0722. The summed E-state index contributed by atoms with van der Waals surface area (Å²) >= 11 is 0. The Morgan fingerprint density at radius 3 is 1.91 bits per heavy atom. The Kier molecular flexibility index (Phi) is 4.94. The lowest BCUT2D eigenvalue weighted by Gasteiger charge is -2.23. The molecule has 0 unspecified atom stereocenters. The van der Waals surface area contributed by atoms with E-state index in [0.717, 1.165) is 27.5 Å². The third kappa shape index (κ3) is 3.58. The number of benzene rings is 8. The molecule has 0 aliphatic rings. The zero-order chi connectivity index (χ0) is 28.9. The molecule has 8 aromatic carbocycles. The minimum atomic E-state index is 0.0722. The quantitative estimate of drug-likeness (QED) is 0.195. The molecule has 9 aromatic rings. The second kappa shape index (κ2) is 8.69. The monoisotopic (exact) mass is 550 g/mol. The number of furan rings is 1. The van der Waals surface area contributed by atoms with Gasteiger partial charge in [0, 0.05) is 16.3 Å². The molecule has 0 amide bonds. The van der Waals surface area contributed by atoms with E-state index in [0.29, 0.717) is 0 Å². The maximum Gasteiger partial charge on any atom is 0.143 e. The average Bonchev–Trinajstić information content (AvgIpc) is 3.41. The first-order chi connectivity index (χ1) is 20.9. The van der Waals surface area contributed by atoms with Gasteiger partial charge in [0.2, 0.25) is 0 Å². The summed E-state index contributed by atoms with van der Waals surface area (Å²) in [5.74, 6) is 0. The predicted molar refractivity (Wildman–Crippen MR) is 185 cm³/mol. The summed E-state index contributed by atoms with van der Waals surface area (Å²) in [6.07, 6.45) is 0. The number of hydrogen-bond acceptors (Lipinski definition) is 1. The van der Waals surface area contributed by atoms with Crippen molar-refractivity contribution < 1.29 is 4.42 Å². The molecule has 0 radical (unpaired) electrons. The standard InChI is InChI=1S/C42H30O/c1-42(2,3)30-22-28-17-19-32-36(27-16-15-25-9-4-5-10-26(25)21-27)24-37(33-20-18-29(23-30)39(28)40(32)33)35-13-8-12-34-31-11-6-7-14-38(31)43-41(34)35/h4-24H,1-3H3.